The molecule has 1 fully saturated rings. The molecule has 6 aromatic rings. The summed E-state index contributed by atoms with van der Waals surface area (Å²) in [6.07, 6.45) is 5.99. The van der Waals surface area contributed by atoms with Crippen molar-refractivity contribution in [3.63, 3.8) is 0 Å². The van der Waals surface area contributed by atoms with Crippen molar-refractivity contribution in [3.8, 4) is 40.1 Å². The van der Waals surface area contributed by atoms with E-state index in [2.05, 4.69) is 67.5 Å². The zero-order chi connectivity index (χ0) is 26.9. The van der Waals surface area contributed by atoms with Crippen LogP contribution in [0, 0.1) is 11.3 Å². The fourth-order valence-electron chi connectivity index (χ4n) is 5.68. The predicted octanol–water partition coefficient (Wildman–Crippen LogP) is 6.03. The largest absolute Gasteiger partial charge is 0.359 e. The van der Waals surface area contributed by atoms with Gasteiger partial charge < -0.3 is 9.97 Å². The van der Waals surface area contributed by atoms with E-state index >= 15 is 0 Å². The fourth-order valence-corrected chi connectivity index (χ4v) is 5.68. The second-order valence-electron chi connectivity index (χ2n) is 10.3. The number of benzene rings is 2. The van der Waals surface area contributed by atoms with Crippen molar-refractivity contribution >= 4 is 5.65 Å². The Labute approximate surface area is 232 Å². The number of pyridine rings is 1. The maximum Gasteiger partial charge on any atom is 0.177 e. The monoisotopic (exact) mass is 524 g/mol. The Kier molecular flexibility index (Phi) is 6.19. The van der Waals surface area contributed by atoms with E-state index in [0.717, 1.165) is 72.3 Å². The molecule has 8 nitrogen and oxygen atoms in total. The number of fused-ring (bicyclic) bond motifs is 1. The summed E-state index contributed by atoms with van der Waals surface area (Å²) in [5.41, 5.74) is 7.47. The van der Waals surface area contributed by atoms with E-state index in [-0.39, 0.29) is 0 Å². The molecule has 196 valence electrons. The normalized spacial score (nSPS) is 14.5. The molecule has 0 amide bonds. The van der Waals surface area contributed by atoms with E-state index in [1.165, 1.54) is 5.56 Å². The third-order valence-corrected chi connectivity index (χ3v) is 7.78. The van der Waals surface area contributed by atoms with Gasteiger partial charge in [-0.05, 0) is 55.8 Å². The van der Waals surface area contributed by atoms with Crippen LogP contribution in [-0.4, -0.2) is 47.5 Å². The SMILES string of the molecule is N#Cc1cccn2c(-c3ccccc3)c(-c3ccc(CN4CCC(c5nnc(-c6ccc[nH]6)[nH]5)CC4)cc3)nc12. The molecule has 7 rings (SSSR count). The van der Waals surface area contributed by atoms with Crippen molar-refractivity contribution in [2.75, 3.05) is 13.1 Å². The van der Waals surface area contributed by atoms with E-state index in [4.69, 9.17) is 4.98 Å². The van der Waals surface area contributed by atoms with Gasteiger partial charge in [0.1, 0.15) is 11.9 Å². The van der Waals surface area contributed by atoms with Gasteiger partial charge in [-0.3, -0.25) is 9.30 Å². The first-order valence-corrected chi connectivity index (χ1v) is 13.6. The quantitative estimate of drug-likeness (QED) is 0.277. The van der Waals surface area contributed by atoms with Gasteiger partial charge in [0.25, 0.3) is 0 Å². The number of nitrogens with one attached hydrogen (secondary N) is 2. The number of nitriles is 1. The first kappa shape index (κ1) is 24.1. The number of likely N-dealkylation sites (tertiary alicyclic amines) is 1. The summed E-state index contributed by atoms with van der Waals surface area (Å²) in [6, 6.07) is 28.9. The summed E-state index contributed by atoms with van der Waals surface area (Å²) < 4.78 is 2.02. The molecule has 1 saturated heterocycles. The highest BCUT2D eigenvalue weighted by molar-refractivity contribution is 5.83. The topological polar surface area (TPSA) is 102 Å². The van der Waals surface area contributed by atoms with Crippen LogP contribution < -0.4 is 0 Å². The molecule has 2 N–H and O–H groups in total. The lowest BCUT2D eigenvalue weighted by atomic mass is 9.95. The Morgan fingerprint density at radius 1 is 0.875 bits per heavy atom. The van der Waals surface area contributed by atoms with Crippen molar-refractivity contribution in [1.82, 2.24) is 34.4 Å². The van der Waals surface area contributed by atoms with Crippen LogP contribution in [0.4, 0.5) is 0 Å². The molecule has 0 bridgehead atoms. The Hall–Kier alpha value is -5.00. The number of aromatic amines is 2. The van der Waals surface area contributed by atoms with Crippen LogP contribution in [-0.2, 0) is 6.54 Å². The minimum Gasteiger partial charge on any atom is -0.359 e. The zero-order valence-corrected chi connectivity index (χ0v) is 22.0. The molecule has 40 heavy (non-hydrogen) atoms. The predicted molar refractivity (Wildman–Crippen MR) is 154 cm³/mol. The number of nitrogens with zero attached hydrogens (tertiary/aromatic N) is 6. The fraction of sp³-hybridized carbons (Fsp3) is 0.188. The molecule has 0 spiro atoms. The average Bonchev–Trinajstić information content (AvgIpc) is 3.78. The van der Waals surface area contributed by atoms with Gasteiger partial charge in [-0.25, -0.2) is 4.98 Å². The van der Waals surface area contributed by atoms with Gasteiger partial charge in [-0.15, -0.1) is 10.2 Å². The summed E-state index contributed by atoms with van der Waals surface area (Å²) in [6.45, 7) is 2.95. The first-order valence-electron chi connectivity index (χ1n) is 13.6. The summed E-state index contributed by atoms with van der Waals surface area (Å²) in [4.78, 5) is 14.0. The Morgan fingerprint density at radius 2 is 1.70 bits per heavy atom. The molecule has 2 aromatic carbocycles. The summed E-state index contributed by atoms with van der Waals surface area (Å²) in [7, 11) is 0. The van der Waals surface area contributed by atoms with E-state index in [9.17, 15) is 5.26 Å². The Bertz CT molecular complexity index is 1780. The number of imidazole rings is 1. The summed E-state index contributed by atoms with van der Waals surface area (Å²) >= 11 is 0. The molecule has 1 aliphatic rings. The van der Waals surface area contributed by atoms with Crippen LogP contribution in [0.5, 0.6) is 0 Å². The van der Waals surface area contributed by atoms with Gasteiger partial charge in [0.2, 0.25) is 0 Å². The van der Waals surface area contributed by atoms with Gasteiger partial charge in [0, 0.05) is 36.0 Å². The lowest BCUT2D eigenvalue weighted by Crippen LogP contribution is -2.32. The van der Waals surface area contributed by atoms with Crippen LogP contribution in [0.3, 0.4) is 0 Å². The van der Waals surface area contributed by atoms with Crippen LogP contribution >= 0.6 is 0 Å². The number of rotatable bonds is 6. The van der Waals surface area contributed by atoms with Gasteiger partial charge in [0.15, 0.2) is 11.5 Å². The average molecular weight is 525 g/mol. The minimum atomic E-state index is 0.402. The number of hydrogen-bond donors (Lipinski definition) is 2. The van der Waals surface area contributed by atoms with E-state index in [1.807, 2.05) is 59.3 Å². The highest BCUT2D eigenvalue weighted by atomic mass is 15.2. The second kappa shape index (κ2) is 10.3. The Morgan fingerprint density at radius 3 is 2.45 bits per heavy atom. The lowest BCUT2D eigenvalue weighted by Gasteiger charge is -2.30. The molecule has 0 atom stereocenters. The highest BCUT2D eigenvalue weighted by Crippen LogP contribution is 2.34. The van der Waals surface area contributed by atoms with Crippen molar-refractivity contribution < 1.29 is 0 Å². The molecule has 8 heteroatoms. The van der Waals surface area contributed by atoms with Crippen molar-refractivity contribution in [3.05, 3.63) is 108 Å². The van der Waals surface area contributed by atoms with E-state index in [1.54, 1.807) is 0 Å². The first-order chi connectivity index (χ1) is 19.8. The van der Waals surface area contributed by atoms with Gasteiger partial charge in [-0.2, -0.15) is 5.26 Å². The standard InChI is InChI=1S/C32H28N8/c33-20-26-8-5-17-40-29(24-6-2-1-3-7-24)28(35-32(26)40)23-12-10-22(11-13-23)21-39-18-14-25(15-19-39)30-36-31(38-37-30)27-9-4-16-34-27/h1-13,16-17,25,34H,14-15,18-19,21H2,(H,36,37,38). The number of aromatic nitrogens is 6. The lowest BCUT2D eigenvalue weighted by molar-refractivity contribution is 0.202. The molecule has 1 aliphatic heterocycles. The van der Waals surface area contributed by atoms with Crippen LogP contribution in [0.25, 0.3) is 39.7 Å². The highest BCUT2D eigenvalue weighted by Gasteiger charge is 2.24. The van der Waals surface area contributed by atoms with E-state index < -0.39 is 0 Å². The molecule has 4 aromatic heterocycles. The van der Waals surface area contributed by atoms with Crippen molar-refractivity contribution in [2.45, 2.75) is 25.3 Å². The summed E-state index contributed by atoms with van der Waals surface area (Å²) in [5, 5.41) is 18.4. The number of hydrogen-bond acceptors (Lipinski definition) is 5. The maximum atomic E-state index is 9.67. The second-order valence-corrected chi connectivity index (χ2v) is 10.3. The van der Waals surface area contributed by atoms with E-state index in [0.29, 0.717) is 17.1 Å². The third-order valence-electron chi connectivity index (χ3n) is 7.78. The smallest absolute Gasteiger partial charge is 0.177 e. The molecule has 0 aliphatic carbocycles. The molecule has 5 heterocycles. The van der Waals surface area contributed by atoms with Crippen molar-refractivity contribution in [2.24, 2.45) is 0 Å². The number of piperidine rings is 1. The molecule has 0 unspecified atom stereocenters. The van der Waals surface area contributed by atoms with Gasteiger partial charge >= 0.3 is 0 Å². The maximum absolute atomic E-state index is 9.67. The van der Waals surface area contributed by atoms with Crippen molar-refractivity contribution in [1.29, 1.82) is 5.26 Å². The van der Waals surface area contributed by atoms with Crippen LogP contribution in [0.1, 0.15) is 35.7 Å². The van der Waals surface area contributed by atoms with Gasteiger partial charge in [-0.1, -0.05) is 54.6 Å². The molecule has 0 saturated carbocycles. The number of H-pyrrole nitrogens is 2. The summed E-state index contributed by atoms with van der Waals surface area (Å²) in [5.74, 6) is 2.18. The third kappa shape index (κ3) is 4.46. The van der Waals surface area contributed by atoms with Crippen LogP contribution in [0.15, 0.2) is 91.3 Å². The van der Waals surface area contributed by atoms with Crippen LogP contribution in [0.2, 0.25) is 0 Å². The molecular weight excluding hydrogens is 496 g/mol. The minimum absolute atomic E-state index is 0.402. The molecular formula is C32H28N8. The molecule has 0 radical (unpaired) electrons. The zero-order valence-electron chi connectivity index (χ0n) is 22.0. The van der Waals surface area contributed by atoms with Gasteiger partial charge in [0.05, 0.1) is 22.6 Å². The Balaban J connectivity index is 1.08.